The third-order valence-corrected chi connectivity index (χ3v) is 2.01. The molecule has 0 spiro atoms. The maximum atomic E-state index is 4.20. The van der Waals surface area contributed by atoms with Gasteiger partial charge in [0.15, 0.2) is 11.3 Å². The van der Waals surface area contributed by atoms with Crippen molar-refractivity contribution in [1.82, 2.24) is 20.2 Å². The van der Waals surface area contributed by atoms with Crippen molar-refractivity contribution in [2.24, 2.45) is 0 Å². The van der Waals surface area contributed by atoms with E-state index in [2.05, 4.69) is 46.3 Å². The summed E-state index contributed by atoms with van der Waals surface area (Å²) in [5.41, 5.74) is 2.60. The molecule has 2 rings (SSSR count). The predicted molar refractivity (Wildman–Crippen MR) is 59.8 cm³/mol. The van der Waals surface area contributed by atoms with Gasteiger partial charge in [-0.2, -0.15) is 5.10 Å². The van der Waals surface area contributed by atoms with Crippen molar-refractivity contribution in [2.75, 3.05) is 5.32 Å². The lowest BCUT2D eigenvalue weighted by Crippen LogP contribution is -2.26. The molecule has 2 aromatic heterocycles. The third kappa shape index (κ3) is 1.91. The molecule has 0 aliphatic carbocycles. The molecular formula is C10H15N5. The maximum absolute atomic E-state index is 4.20. The molecule has 0 unspecified atom stereocenters. The number of hydrogen-bond acceptors (Lipinski definition) is 4. The Hall–Kier alpha value is -1.65. The van der Waals surface area contributed by atoms with Crippen molar-refractivity contribution in [3.05, 3.63) is 12.0 Å². The van der Waals surface area contributed by atoms with Crippen LogP contribution in [0.1, 0.15) is 26.5 Å². The van der Waals surface area contributed by atoms with E-state index in [-0.39, 0.29) is 5.54 Å². The Kier molecular flexibility index (Phi) is 2.10. The van der Waals surface area contributed by atoms with Gasteiger partial charge in [0.2, 0.25) is 0 Å². The van der Waals surface area contributed by atoms with Crippen molar-refractivity contribution >= 4 is 16.9 Å². The Morgan fingerprint density at radius 1 is 1.20 bits per heavy atom. The van der Waals surface area contributed by atoms with Crippen molar-refractivity contribution in [3.8, 4) is 0 Å². The van der Waals surface area contributed by atoms with Crippen molar-refractivity contribution in [1.29, 1.82) is 0 Å². The summed E-state index contributed by atoms with van der Waals surface area (Å²) in [4.78, 5) is 8.39. The first-order valence-corrected chi connectivity index (χ1v) is 4.91. The number of aromatic nitrogens is 4. The molecule has 0 fully saturated rings. The minimum Gasteiger partial charge on any atom is -0.364 e. The highest BCUT2D eigenvalue weighted by molar-refractivity contribution is 5.86. The van der Waals surface area contributed by atoms with E-state index in [0.29, 0.717) is 0 Å². The lowest BCUT2D eigenvalue weighted by atomic mass is 10.1. The highest BCUT2D eigenvalue weighted by atomic mass is 15.2. The molecule has 80 valence electrons. The highest BCUT2D eigenvalue weighted by Gasteiger charge is 2.15. The zero-order valence-electron chi connectivity index (χ0n) is 9.42. The topological polar surface area (TPSA) is 66.5 Å². The van der Waals surface area contributed by atoms with Crippen LogP contribution in [0.5, 0.6) is 0 Å². The minimum absolute atomic E-state index is 0.0336. The van der Waals surface area contributed by atoms with Crippen LogP contribution in [0, 0.1) is 6.92 Å². The first kappa shape index (κ1) is 9.89. The molecule has 5 heteroatoms. The van der Waals surface area contributed by atoms with Gasteiger partial charge in [-0.05, 0) is 27.7 Å². The number of anilines is 1. The minimum atomic E-state index is -0.0336. The lowest BCUT2D eigenvalue weighted by molar-refractivity contribution is 0.631. The summed E-state index contributed by atoms with van der Waals surface area (Å²) in [5, 5.41) is 10.4. The van der Waals surface area contributed by atoms with E-state index in [1.54, 1.807) is 6.33 Å². The molecule has 0 bridgehead atoms. The second-order valence-electron chi connectivity index (χ2n) is 4.64. The maximum Gasteiger partial charge on any atom is 0.158 e. The molecular weight excluding hydrogens is 190 g/mol. The summed E-state index contributed by atoms with van der Waals surface area (Å²) >= 11 is 0. The first-order valence-electron chi connectivity index (χ1n) is 4.91. The summed E-state index contributed by atoms with van der Waals surface area (Å²) in [7, 11) is 0. The SMILES string of the molecule is Cc1[nH]nc2c(NC(C)(C)C)ncnc12. The Bertz CT molecular complexity index is 480. The van der Waals surface area contributed by atoms with Gasteiger partial charge in [-0.15, -0.1) is 0 Å². The van der Waals surface area contributed by atoms with Crippen molar-refractivity contribution < 1.29 is 0 Å². The number of nitrogens with one attached hydrogen (secondary N) is 2. The first-order chi connectivity index (χ1) is 6.97. The quantitative estimate of drug-likeness (QED) is 0.745. The third-order valence-electron chi connectivity index (χ3n) is 2.01. The average Bonchev–Trinajstić information content (AvgIpc) is 2.47. The van der Waals surface area contributed by atoms with Crippen LogP contribution in [0.4, 0.5) is 5.82 Å². The van der Waals surface area contributed by atoms with E-state index in [1.165, 1.54) is 0 Å². The number of aryl methyl sites for hydroxylation is 1. The Labute approximate surface area is 88.3 Å². The number of aromatic amines is 1. The molecule has 0 atom stereocenters. The van der Waals surface area contributed by atoms with E-state index >= 15 is 0 Å². The van der Waals surface area contributed by atoms with E-state index < -0.39 is 0 Å². The Morgan fingerprint density at radius 3 is 2.60 bits per heavy atom. The Balaban J connectivity index is 2.52. The molecule has 2 aromatic rings. The number of nitrogens with zero attached hydrogens (tertiary/aromatic N) is 3. The number of fused-ring (bicyclic) bond motifs is 1. The molecule has 15 heavy (non-hydrogen) atoms. The van der Waals surface area contributed by atoms with Crippen LogP contribution in [0.25, 0.3) is 11.0 Å². The molecule has 2 heterocycles. The fourth-order valence-electron chi connectivity index (χ4n) is 1.40. The second-order valence-corrected chi connectivity index (χ2v) is 4.64. The summed E-state index contributed by atoms with van der Waals surface area (Å²) in [6, 6.07) is 0. The van der Waals surface area contributed by atoms with Crippen LogP contribution < -0.4 is 5.32 Å². The standard InChI is InChI=1S/C10H15N5/c1-6-7-8(15-14-6)9(12-5-11-7)13-10(2,3)4/h5H,1-4H3,(H,14,15)(H,11,12,13). The zero-order chi connectivity index (χ0) is 11.1. The van der Waals surface area contributed by atoms with E-state index in [0.717, 1.165) is 22.5 Å². The summed E-state index contributed by atoms with van der Waals surface area (Å²) < 4.78 is 0. The molecule has 5 nitrogen and oxygen atoms in total. The van der Waals surface area contributed by atoms with Crippen LogP contribution in [-0.4, -0.2) is 25.7 Å². The highest BCUT2D eigenvalue weighted by Crippen LogP contribution is 2.21. The van der Waals surface area contributed by atoms with Gasteiger partial charge >= 0.3 is 0 Å². The van der Waals surface area contributed by atoms with E-state index in [4.69, 9.17) is 0 Å². The van der Waals surface area contributed by atoms with Gasteiger partial charge in [-0.3, -0.25) is 5.10 Å². The average molecular weight is 205 g/mol. The van der Waals surface area contributed by atoms with Crippen molar-refractivity contribution in [2.45, 2.75) is 33.2 Å². The molecule has 0 radical (unpaired) electrons. The van der Waals surface area contributed by atoms with Gasteiger partial charge in [0.25, 0.3) is 0 Å². The molecule has 0 amide bonds. The van der Waals surface area contributed by atoms with Gasteiger partial charge in [-0.1, -0.05) is 0 Å². The van der Waals surface area contributed by atoms with Crippen molar-refractivity contribution in [3.63, 3.8) is 0 Å². The van der Waals surface area contributed by atoms with E-state index in [9.17, 15) is 0 Å². The molecule has 2 N–H and O–H groups in total. The van der Waals surface area contributed by atoms with Crippen LogP contribution in [-0.2, 0) is 0 Å². The number of hydrogen-bond donors (Lipinski definition) is 2. The number of H-pyrrole nitrogens is 1. The smallest absolute Gasteiger partial charge is 0.158 e. The summed E-state index contributed by atoms with van der Waals surface area (Å²) in [5.74, 6) is 0.775. The largest absolute Gasteiger partial charge is 0.364 e. The summed E-state index contributed by atoms with van der Waals surface area (Å²) in [6.45, 7) is 8.20. The van der Waals surface area contributed by atoms with Crippen LogP contribution in [0.2, 0.25) is 0 Å². The molecule has 0 aliphatic heterocycles. The lowest BCUT2D eigenvalue weighted by Gasteiger charge is -2.20. The monoisotopic (exact) mass is 205 g/mol. The fraction of sp³-hybridized carbons (Fsp3) is 0.500. The van der Waals surface area contributed by atoms with Gasteiger partial charge in [0.1, 0.15) is 11.8 Å². The summed E-state index contributed by atoms with van der Waals surface area (Å²) in [6.07, 6.45) is 1.55. The van der Waals surface area contributed by atoms with Gasteiger partial charge < -0.3 is 5.32 Å². The molecule has 0 aromatic carbocycles. The normalized spacial score (nSPS) is 12.0. The molecule has 0 saturated heterocycles. The molecule has 0 aliphatic rings. The second kappa shape index (κ2) is 3.18. The number of rotatable bonds is 1. The van der Waals surface area contributed by atoms with Crippen LogP contribution >= 0.6 is 0 Å². The van der Waals surface area contributed by atoms with Gasteiger partial charge in [-0.25, -0.2) is 9.97 Å². The fourth-order valence-corrected chi connectivity index (χ4v) is 1.40. The van der Waals surface area contributed by atoms with Gasteiger partial charge in [0.05, 0.1) is 5.69 Å². The zero-order valence-corrected chi connectivity index (χ0v) is 9.42. The molecule has 0 saturated carbocycles. The van der Waals surface area contributed by atoms with Crippen LogP contribution in [0.3, 0.4) is 0 Å². The van der Waals surface area contributed by atoms with E-state index in [1.807, 2.05) is 6.92 Å². The predicted octanol–water partition coefficient (Wildman–Crippen LogP) is 1.87. The Morgan fingerprint density at radius 2 is 1.93 bits per heavy atom. The van der Waals surface area contributed by atoms with Crippen LogP contribution in [0.15, 0.2) is 6.33 Å². The van der Waals surface area contributed by atoms with Gasteiger partial charge in [0, 0.05) is 5.54 Å².